The fraction of sp³-hybridized carbons (Fsp3) is 0.150. The predicted octanol–water partition coefficient (Wildman–Crippen LogP) is 4.40. The molecule has 0 fully saturated rings. The molecule has 0 saturated carbocycles. The third kappa shape index (κ3) is 2.97. The number of benzene rings is 2. The first kappa shape index (κ1) is 16.1. The maximum Gasteiger partial charge on any atom is 0.420 e. The molecule has 0 unspecified atom stereocenters. The Morgan fingerprint density at radius 1 is 1.08 bits per heavy atom. The molecule has 0 aliphatic heterocycles. The minimum atomic E-state index is -0.369. The molecule has 2 aromatic heterocycles. The molecule has 0 atom stereocenters. The summed E-state index contributed by atoms with van der Waals surface area (Å²) in [6.45, 7) is 3.88. The van der Waals surface area contributed by atoms with Gasteiger partial charge in [0.2, 0.25) is 5.82 Å². The van der Waals surface area contributed by atoms with Crippen molar-refractivity contribution in [3.63, 3.8) is 0 Å². The summed E-state index contributed by atoms with van der Waals surface area (Å²) in [5.74, 6) is 0.483. The van der Waals surface area contributed by atoms with Crippen LogP contribution in [0.4, 0.5) is 0 Å². The maximum absolute atomic E-state index is 12.0. The van der Waals surface area contributed by atoms with Crippen LogP contribution in [0.25, 0.3) is 34.6 Å². The average Bonchev–Trinajstić information content (AvgIpc) is 3.23. The van der Waals surface area contributed by atoms with Gasteiger partial charge in [-0.15, -0.1) is 0 Å². The largest absolute Gasteiger partial charge is 0.420 e. The zero-order valence-corrected chi connectivity index (χ0v) is 14.4. The SMILES string of the molecule is CC(C)n1c(=O)oc2cc(-c3noc(C=Cc4ccccc4)n3)ccc21. The number of nitrogens with zero attached hydrogens (tertiary/aromatic N) is 3. The van der Waals surface area contributed by atoms with Gasteiger partial charge in [-0.3, -0.25) is 4.57 Å². The van der Waals surface area contributed by atoms with E-state index in [2.05, 4.69) is 10.1 Å². The molecular formula is C20H17N3O3. The lowest BCUT2D eigenvalue weighted by atomic mass is 10.2. The summed E-state index contributed by atoms with van der Waals surface area (Å²) in [4.78, 5) is 16.4. The van der Waals surface area contributed by atoms with E-state index >= 15 is 0 Å². The minimum absolute atomic E-state index is 0.0227. The van der Waals surface area contributed by atoms with Crippen LogP contribution in [0.1, 0.15) is 31.3 Å². The highest BCUT2D eigenvalue weighted by Crippen LogP contribution is 2.24. The van der Waals surface area contributed by atoms with Crippen molar-refractivity contribution in [1.82, 2.24) is 14.7 Å². The number of rotatable bonds is 4. The van der Waals surface area contributed by atoms with Crippen molar-refractivity contribution in [1.29, 1.82) is 0 Å². The normalized spacial score (nSPS) is 11.8. The van der Waals surface area contributed by atoms with Gasteiger partial charge >= 0.3 is 5.76 Å². The second kappa shape index (κ2) is 6.48. The molecule has 0 aliphatic carbocycles. The highest BCUT2D eigenvalue weighted by Gasteiger charge is 2.14. The van der Waals surface area contributed by atoms with Crippen LogP contribution < -0.4 is 5.76 Å². The molecule has 4 rings (SSSR count). The van der Waals surface area contributed by atoms with E-state index in [1.54, 1.807) is 16.7 Å². The van der Waals surface area contributed by atoms with Gasteiger partial charge in [-0.2, -0.15) is 4.98 Å². The summed E-state index contributed by atoms with van der Waals surface area (Å²) in [5.41, 5.74) is 3.03. The van der Waals surface area contributed by atoms with Crippen molar-refractivity contribution in [2.24, 2.45) is 0 Å². The second-order valence-corrected chi connectivity index (χ2v) is 6.21. The molecule has 0 saturated heterocycles. The first-order chi connectivity index (χ1) is 12.6. The summed E-state index contributed by atoms with van der Waals surface area (Å²) < 4.78 is 12.2. The smallest absolute Gasteiger partial charge is 0.408 e. The zero-order chi connectivity index (χ0) is 18.1. The van der Waals surface area contributed by atoms with Gasteiger partial charge in [-0.05, 0) is 43.7 Å². The Bertz CT molecular complexity index is 1130. The monoisotopic (exact) mass is 347 g/mol. The van der Waals surface area contributed by atoms with Crippen LogP contribution in [0, 0.1) is 0 Å². The Kier molecular flexibility index (Phi) is 4.01. The number of oxazole rings is 1. The highest BCUT2D eigenvalue weighted by molar-refractivity contribution is 5.79. The van der Waals surface area contributed by atoms with Gasteiger partial charge in [0.25, 0.3) is 5.89 Å². The Morgan fingerprint density at radius 2 is 1.88 bits per heavy atom. The van der Waals surface area contributed by atoms with Gasteiger partial charge in [0.15, 0.2) is 5.58 Å². The molecule has 0 amide bonds. The van der Waals surface area contributed by atoms with Crippen LogP contribution in [-0.2, 0) is 0 Å². The maximum atomic E-state index is 12.0. The lowest BCUT2D eigenvalue weighted by Crippen LogP contribution is -2.15. The summed E-state index contributed by atoms with van der Waals surface area (Å²) in [5, 5.41) is 4.01. The third-order valence-corrected chi connectivity index (χ3v) is 4.05. The minimum Gasteiger partial charge on any atom is -0.408 e. The van der Waals surface area contributed by atoms with Crippen LogP contribution in [-0.4, -0.2) is 14.7 Å². The number of fused-ring (bicyclic) bond motifs is 1. The Balaban J connectivity index is 1.65. The lowest BCUT2D eigenvalue weighted by molar-refractivity contribution is 0.411. The number of hydrogen-bond donors (Lipinski definition) is 0. The van der Waals surface area contributed by atoms with Gasteiger partial charge in [-0.25, -0.2) is 4.79 Å². The molecule has 6 nitrogen and oxygen atoms in total. The van der Waals surface area contributed by atoms with Crippen molar-refractivity contribution >= 4 is 23.3 Å². The molecule has 130 valence electrons. The van der Waals surface area contributed by atoms with E-state index in [1.807, 2.05) is 62.4 Å². The van der Waals surface area contributed by atoms with Crippen LogP contribution in [0.3, 0.4) is 0 Å². The van der Waals surface area contributed by atoms with Gasteiger partial charge in [0, 0.05) is 17.7 Å². The molecule has 0 aliphatic rings. The summed E-state index contributed by atoms with van der Waals surface area (Å²) in [7, 11) is 0. The summed E-state index contributed by atoms with van der Waals surface area (Å²) in [6, 6.07) is 15.3. The standard InChI is InChI=1S/C20H17N3O3/c1-13(2)23-16-10-9-15(12-17(16)25-20(23)24)19-21-18(26-22-19)11-8-14-6-4-3-5-7-14/h3-13H,1-2H3. The van der Waals surface area contributed by atoms with E-state index in [1.165, 1.54) is 0 Å². The van der Waals surface area contributed by atoms with E-state index in [9.17, 15) is 4.79 Å². The molecule has 6 heteroatoms. The Labute approximate surface area is 149 Å². The average molecular weight is 347 g/mol. The molecular weight excluding hydrogens is 330 g/mol. The van der Waals surface area contributed by atoms with Gasteiger partial charge in [0.05, 0.1) is 5.52 Å². The van der Waals surface area contributed by atoms with E-state index < -0.39 is 0 Å². The zero-order valence-electron chi connectivity index (χ0n) is 14.4. The molecule has 26 heavy (non-hydrogen) atoms. The molecule has 0 bridgehead atoms. The van der Waals surface area contributed by atoms with Crippen LogP contribution in [0.15, 0.2) is 62.3 Å². The first-order valence-corrected chi connectivity index (χ1v) is 8.34. The first-order valence-electron chi connectivity index (χ1n) is 8.34. The highest BCUT2D eigenvalue weighted by atomic mass is 16.5. The predicted molar refractivity (Wildman–Crippen MR) is 99.5 cm³/mol. The second-order valence-electron chi connectivity index (χ2n) is 6.21. The van der Waals surface area contributed by atoms with Crippen molar-refractivity contribution in [3.05, 3.63) is 70.5 Å². The van der Waals surface area contributed by atoms with E-state index in [0.717, 1.165) is 16.6 Å². The van der Waals surface area contributed by atoms with E-state index in [4.69, 9.17) is 8.94 Å². The van der Waals surface area contributed by atoms with Gasteiger partial charge in [0.1, 0.15) is 0 Å². The Hall–Kier alpha value is -3.41. The molecule has 0 radical (unpaired) electrons. The topological polar surface area (TPSA) is 74.1 Å². The van der Waals surface area contributed by atoms with Crippen LogP contribution >= 0.6 is 0 Å². The van der Waals surface area contributed by atoms with Gasteiger partial charge < -0.3 is 8.94 Å². The van der Waals surface area contributed by atoms with Crippen molar-refractivity contribution in [3.8, 4) is 11.4 Å². The number of aromatic nitrogens is 3. The molecule has 2 heterocycles. The van der Waals surface area contributed by atoms with E-state index in [0.29, 0.717) is 17.3 Å². The van der Waals surface area contributed by atoms with Crippen molar-refractivity contribution in [2.75, 3.05) is 0 Å². The molecule has 0 spiro atoms. The molecule has 2 aromatic carbocycles. The molecule has 0 N–H and O–H groups in total. The lowest BCUT2D eigenvalue weighted by Gasteiger charge is -2.04. The summed E-state index contributed by atoms with van der Waals surface area (Å²) in [6.07, 6.45) is 3.67. The quantitative estimate of drug-likeness (QED) is 0.547. The summed E-state index contributed by atoms with van der Waals surface area (Å²) >= 11 is 0. The number of hydrogen-bond acceptors (Lipinski definition) is 5. The van der Waals surface area contributed by atoms with Crippen LogP contribution in [0.5, 0.6) is 0 Å². The fourth-order valence-electron chi connectivity index (χ4n) is 2.82. The fourth-order valence-corrected chi connectivity index (χ4v) is 2.82. The van der Waals surface area contributed by atoms with E-state index in [-0.39, 0.29) is 11.8 Å². The van der Waals surface area contributed by atoms with Gasteiger partial charge in [-0.1, -0.05) is 35.5 Å². The Morgan fingerprint density at radius 3 is 2.65 bits per heavy atom. The van der Waals surface area contributed by atoms with Crippen molar-refractivity contribution in [2.45, 2.75) is 19.9 Å². The third-order valence-electron chi connectivity index (χ3n) is 4.05. The molecule has 4 aromatic rings. The van der Waals surface area contributed by atoms with Crippen molar-refractivity contribution < 1.29 is 8.94 Å². The van der Waals surface area contributed by atoms with Crippen LogP contribution in [0.2, 0.25) is 0 Å².